The highest BCUT2D eigenvalue weighted by Gasteiger charge is 2.53. The summed E-state index contributed by atoms with van der Waals surface area (Å²) in [6.45, 7) is 5.86. The lowest BCUT2D eigenvalue weighted by atomic mass is 9.96. The molecule has 4 heterocycles. The summed E-state index contributed by atoms with van der Waals surface area (Å²) in [7, 11) is 0. The number of nitrogens with two attached hydrogens (primary N) is 1. The monoisotopic (exact) mass is 601 g/mol. The molecule has 11 N–H and O–H groups in total. The molecule has 4 aliphatic heterocycles. The van der Waals surface area contributed by atoms with E-state index in [0.717, 1.165) is 0 Å². The van der Waals surface area contributed by atoms with Gasteiger partial charge in [0.1, 0.15) is 67.1 Å². The van der Waals surface area contributed by atoms with Crippen LogP contribution >= 0.6 is 0 Å². The van der Waals surface area contributed by atoms with Crippen molar-refractivity contribution < 1.29 is 79.1 Å². The molecule has 17 heteroatoms. The SMILES string of the molecule is C[C@@H]1O[C@H](O[C@@H]2[C@@H](O)[C@H](C)O[C@@H](O[C@@H]3[C@@H](O)[C@H](C)O[C@@H](O[C@@H]4[C@H](O)[C@@H](O)[C@H](C)O[C@@H]4O)[C@@H]3O)[C@@H]2O)[C@@H](O)[C@H](O)[C@H]1N. The van der Waals surface area contributed by atoms with Crippen LogP contribution in [0.3, 0.4) is 0 Å². The molecule has 0 saturated carbocycles. The van der Waals surface area contributed by atoms with Crippen molar-refractivity contribution in [3.05, 3.63) is 0 Å². The van der Waals surface area contributed by atoms with Crippen molar-refractivity contribution >= 4 is 0 Å². The van der Waals surface area contributed by atoms with E-state index in [-0.39, 0.29) is 0 Å². The van der Waals surface area contributed by atoms with Gasteiger partial charge in [0.25, 0.3) is 0 Å². The maximum Gasteiger partial charge on any atom is 0.187 e. The first-order valence-corrected chi connectivity index (χ1v) is 13.6. The van der Waals surface area contributed by atoms with E-state index in [1.165, 1.54) is 20.8 Å². The van der Waals surface area contributed by atoms with Gasteiger partial charge in [-0.05, 0) is 27.7 Å². The summed E-state index contributed by atoms with van der Waals surface area (Å²) in [5.74, 6) is 0. The summed E-state index contributed by atoms with van der Waals surface area (Å²) in [5, 5.41) is 94.8. The Balaban J connectivity index is 1.47. The number of hydrogen-bond acceptors (Lipinski definition) is 17. The zero-order chi connectivity index (χ0) is 30.5. The van der Waals surface area contributed by atoms with Crippen LogP contribution in [0.5, 0.6) is 0 Å². The molecule has 4 saturated heterocycles. The molecular formula is C24H43NO16. The predicted molar refractivity (Wildman–Crippen MR) is 130 cm³/mol. The second-order valence-corrected chi connectivity index (χ2v) is 11.2. The molecule has 240 valence electrons. The first-order valence-electron chi connectivity index (χ1n) is 13.6. The summed E-state index contributed by atoms with van der Waals surface area (Å²) < 4.78 is 38.8. The molecule has 0 radical (unpaired) electrons. The van der Waals surface area contributed by atoms with Gasteiger partial charge in [0.2, 0.25) is 0 Å². The number of hydrogen-bond donors (Lipinski definition) is 10. The standard InChI is InChI=1S/C24H43NO16/c1-5-9(25)13(29)15(31)22(36-5)39-18-11(27)7(3)37-23(16(18)32)40-19-12(28)8(4)38-24(17(19)33)41-20-14(30)10(26)6(2)35-21(20)34/h5-24,26-34H,25H2,1-4H3/t5-,6-,7-,8-,9-,10-,11-,12-,13+,14+,15-,16+,17+,18+,19+,20+,21-,22+,23-,24-/m0/s1. The van der Waals surface area contributed by atoms with Crippen LogP contribution in [-0.4, -0.2) is 169 Å². The Bertz CT molecular complexity index is 858. The van der Waals surface area contributed by atoms with Crippen molar-refractivity contribution in [2.24, 2.45) is 5.73 Å². The van der Waals surface area contributed by atoms with E-state index in [0.29, 0.717) is 0 Å². The van der Waals surface area contributed by atoms with Gasteiger partial charge in [0.05, 0.1) is 30.5 Å². The Hall–Kier alpha value is -0.680. The van der Waals surface area contributed by atoms with Gasteiger partial charge in [0, 0.05) is 0 Å². The summed E-state index contributed by atoms with van der Waals surface area (Å²) in [6, 6.07) is -0.910. The van der Waals surface area contributed by atoms with Gasteiger partial charge in [0.15, 0.2) is 25.2 Å². The van der Waals surface area contributed by atoms with E-state index in [1.807, 2.05) is 0 Å². The molecule has 0 aromatic rings. The van der Waals surface area contributed by atoms with Crippen LogP contribution in [0, 0.1) is 0 Å². The van der Waals surface area contributed by atoms with Crippen LogP contribution in [-0.2, 0) is 33.2 Å². The van der Waals surface area contributed by atoms with Crippen LogP contribution < -0.4 is 5.73 Å². The maximum absolute atomic E-state index is 11.0. The molecule has 0 aliphatic carbocycles. The van der Waals surface area contributed by atoms with Gasteiger partial charge in [-0.15, -0.1) is 0 Å². The lowest BCUT2D eigenvalue weighted by molar-refractivity contribution is -0.385. The largest absolute Gasteiger partial charge is 0.388 e. The number of rotatable bonds is 6. The number of ether oxygens (including phenoxy) is 7. The summed E-state index contributed by atoms with van der Waals surface area (Å²) in [4.78, 5) is 0. The Labute approximate surface area is 235 Å². The molecule has 0 unspecified atom stereocenters. The van der Waals surface area contributed by atoms with Crippen molar-refractivity contribution in [2.45, 2.75) is 150 Å². The van der Waals surface area contributed by atoms with Gasteiger partial charge in [-0.3, -0.25) is 0 Å². The molecule has 4 rings (SSSR count). The molecule has 4 aliphatic rings. The number of aliphatic hydroxyl groups is 9. The van der Waals surface area contributed by atoms with E-state index in [2.05, 4.69) is 0 Å². The van der Waals surface area contributed by atoms with Gasteiger partial charge in [-0.25, -0.2) is 0 Å². The molecule has 0 aromatic carbocycles. The van der Waals surface area contributed by atoms with E-state index in [9.17, 15) is 46.0 Å². The number of aliphatic hydroxyl groups excluding tert-OH is 9. The molecule has 0 aromatic heterocycles. The third kappa shape index (κ3) is 6.57. The third-order valence-electron chi connectivity index (χ3n) is 8.15. The summed E-state index contributed by atoms with van der Waals surface area (Å²) in [6.07, 6.45) is -27.2. The molecule has 17 nitrogen and oxygen atoms in total. The maximum atomic E-state index is 11.0. The summed E-state index contributed by atoms with van der Waals surface area (Å²) >= 11 is 0. The van der Waals surface area contributed by atoms with Crippen molar-refractivity contribution in [1.29, 1.82) is 0 Å². The second-order valence-electron chi connectivity index (χ2n) is 11.2. The minimum absolute atomic E-state index is 0.737. The first-order chi connectivity index (χ1) is 19.1. The molecule has 4 fully saturated rings. The fourth-order valence-electron chi connectivity index (χ4n) is 5.33. The average Bonchev–Trinajstić information content (AvgIpc) is 2.92. The molecule has 41 heavy (non-hydrogen) atoms. The minimum Gasteiger partial charge on any atom is -0.388 e. The van der Waals surface area contributed by atoms with Crippen molar-refractivity contribution in [3.8, 4) is 0 Å². The average molecular weight is 602 g/mol. The Morgan fingerprint density at radius 3 is 1.29 bits per heavy atom. The zero-order valence-electron chi connectivity index (χ0n) is 23.0. The van der Waals surface area contributed by atoms with E-state index in [4.69, 9.17) is 38.9 Å². The van der Waals surface area contributed by atoms with Crippen LogP contribution in [0.15, 0.2) is 0 Å². The molecule has 20 atom stereocenters. The predicted octanol–water partition coefficient (Wildman–Crippen LogP) is -5.67. The fraction of sp³-hybridized carbons (Fsp3) is 1.00. The first kappa shape index (κ1) is 33.2. The Morgan fingerprint density at radius 2 is 0.805 bits per heavy atom. The fourth-order valence-corrected chi connectivity index (χ4v) is 5.33. The van der Waals surface area contributed by atoms with Crippen LogP contribution in [0.4, 0.5) is 0 Å². The minimum atomic E-state index is -1.78. The van der Waals surface area contributed by atoms with Gasteiger partial charge < -0.3 is 84.9 Å². The molecular weight excluding hydrogens is 558 g/mol. The van der Waals surface area contributed by atoms with E-state index >= 15 is 0 Å². The smallest absolute Gasteiger partial charge is 0.187 e. The molecule has 0 amide bonds. The summed E-state index contributed by atoms with van der Waals surface area (Å²) in [5.41, 5.74) is 5.80. The van der Waals surface area contributed by atoms with Crippen LogP contribution in [0.25, 0.3) is 0 Å². The Morgan fingerprint density at radius 1 is 0.415 bits per heavy atom. The van der Waals surface area contributed by atoms with Gasteiger partial charge >= 0.3 is 0 Å². The highest BCUT2D eigenvalue weighted by Crippen LogP contribution is 2.33. The van der Waals surface area contributed by atoms with Crippen molar-refractivity contribution in [1.82, 2.24) is 0 Å². The lowest BCUT2D eigenvalue weighted by Gasteiger charge is -2.48. The highest BCUT2D eigenvalue weighted by atomic mass is 16.8. The van der Waals surface area contributed by atoms with Crippen molar-refractivity contribution in [3.63, 3.8) is 0 Å². The topological polar surface area (TPSA) is 273 Å². The quantitative estimate of drug-likeness (QED) is 0.136. The second kappa shape index (κ2) is 13.1. The normalized spacial score (nSPS) is 56.9. The van der Waals surface area contributed by atoms with Crippen LogP contribution in [0.2, 0.25) is 0 Å². The zero-order valence-corrected chi connectivity index (χ0v) is 23.0. The highest BCUT2D eigenvalue weighted by molar-refractivity contribution is 4.96. The van der Waals surface area contributed by atoms with E-state index in [1.54, 1.807) is 6.92 Å². The van der Waals surface area contributed by atoms with Gasteiger partial charge in [-0.2, -0.15) is 0 Å². The van der Waals surface area contributed by atoms with Crippen LogP contribution in [0.1, 0.15) is 27.7 Å². The van der Waals surface area contributed by atoms with Crippen molar-refractivity contribution in [2.75, 3.05) is 0 Å². The lowest BCUT2D eigenvalue weighted by Crippen LogP contribution is -2.66. The molecule has 0 bridgehead atoms. The van der Waals surface area contributed by atoms with E-state index < -0.39 is 123 Å². The molecule has 0 spiro atoms. The third-order valence-corrected chi connectivity index (χ3v) is 8.15. The Kier molecular flexibility index (Phi) is 10.6. The van der Waals surface area contributed by atoms with Gasteiger partial charge in [-0.1, -0.05) is 0 Å².